The van der Waals surface area contributed by atoms with E-state index >= 15 is 0 Å². The lowest BCUT2D eigenvalue weighted by atomic mass is 10.1. The molecule has 92 valence electrons. The standard InChI is InChI=1S/C14H15N3O/c1-9-7-10(2)13(11(3)8-9)16-14(18)12-5-4-6-15-17-12/h4-8H,1-3H3,(H,16,18). The summed E-state index contributed by atoms with van der Waals surface area (Å²) >= 11 is 0. The number of carbonyl (C=O) groups is 1. The normalized spacial score (nSPS) is 10.2. The van der Waals surface area contributed by atoms with E-state index in [0.29, 0.717) is 5.69 Å². The van der Waals surface area contributed by atoms with Gasteiger partial charge in [0.15, 0.2) is 5.69 Å². The number of rotatable bonds is 2. The van der Waals surface area contributed by atoms with Gasteiger partial charge in [-0.3, -0.25) is 4.79 Å². The molecule has 0 bridgehead atoms. The molecule has 18 heavy (non-hydrogen) atoms. The third-order valence-corrected chi connectivity index (χ3v) is 2.72. The van der Waals surface area contributed by atoms with E-state index in [2.05, 4.69) is 15.5 Å². The predicted molar refractivity (Wildman–Crippen MR) is 70.6 cm³/mol. The fourth-order valence-corrected chi connectivity index (χ4v) is 1.98. The molecule has 4 nitrogen and oxygen atoms in total. The van der Waals surface area contributed by atoms with Gasteiger partial charge < -0.3 is 5.32 Å². The van der Waals surface area contributed by atoms with E-state index in [9.17, 15) is 4.79 Å². The summed E-state index contributed by atoms with van der Waals surface area (Å²) < 4.78 is 0. The maximum atomic E-state index is 12.0. The monoisotopic (exact) mass is 241 g/mol. The Morgan fingerprint density at radius 1 is 1.17 bits per heavy atom. The van der Waals surface area contributed by atoms with Crippen LogP contribution in [-0.2, 0) is 0 Å². The average Bonchev–Trinajstić information content (AvgIpc) is 2.34. The minimum Gasteiger partial charge on any atom is -0.320 e. The Morgan fingerprint density at radius 2 is 1.83 bits per heavy atom. The van der Waals surface area contributed by atoms with Crippen LogP contribution in [0.5, 0.6) is 0 Å². The maximum Gasteiger partial charge on any atom is 0.276 e. The van der Waals surface area contributed by atoms with E-state index < -0.39 is 0 Å². The van der Waals surface area contributed by atoms with Crippen LogP contribution in [0, 0.1) is 20.8 Å². The van der Waals surface area contributed by atoms with Crippen LogP contribution in [0.2, 0.25) is 0 Å². The summed E-state index contributed by atoms with van der Waals surface area (Å²) in [6.45, 7) is 5.99. The Morgan fingerprint density at radius 3 is 2.39 bits per heavy atom. The lowest BCUT2D eigenvalue weighted by molar-refractivity contribution is 0.102. The van der Waals surface area contributed by atoms with Gasteiger partial charge in [-0.25, -0.2) is 0 Å². The quantitative estimate of drug-likeness (QED) is 0.879. The van der Waals surface area contributed by atoms with Crippen molar-refractivity contribution in [2.45, 2.75) is 20.8 Å². The summed E-state index contributed by atoms with van der Waals surface area (Å²) in [7, 11) is 0. The number of hydrogen-bond donors (Lipinski definition) is 1. The maximum absolute atomic E-state index is 12.0. The second-order valence-electron chi connectivity index (χ2n) is 4.34. The van der Waals surface area contributed by atoms with Gasteiger partial charge in [-0.15, -0.1) is 5.10 Å². The SMILES string of the molecule is Cc1cc(C)c(NC(=O)c2cccnn2)c(C)c1. The fraction of sp³-hybridized carbons (Fsp3) is 0.214. The van der Waals surface area contributed by atoms with Crippen LogP contribution in [0.4, 0.5) is 5.69 Å². The van der Waals surface area contributed by atoms with E-state index in [-0.39, 0.29) is 5.91 Å². The van der Waals surface area contributed by atoms with Crippen molar-refractivity contribution in [1.29, 1.82) is 0 Å². The Balaban J connectivity index is 2.28. The number of amides is 1. The van der Waals surface area contributed by atoms with Crippen LogP contribution in [-0.4, -0.2) is 16.1 Å². The first-order chi connectivity index (χ1) is 8.58. The minimum atomic E-state index is -0.238. The average molecular weight is 241 g/mol. The topological polar surface area (TPSA) is 54.9 Å². The highest BCUT2D eigenvalue weighted by Crippen LogP contribution is 2.22. The van der Waals surface area contributed by atoms with Gasteiger partial charge in [-0.05, 0) is 44.0 Å². The summed E-state index contributed by atoms with van der Waals surface area (Å²) in [5.41, 5.74) is 4.44. The van der Waals surface area contributed by atoms with Crippen LogP contribution >= 0.6 is 0 Å². The minimum absolute atomic E-state index is 0.238. The number of aryl methyl sites for hydroxylation is 3. The molecule has 1 aromatic heterocycles. The molecule has 0 spiro atoms. The Labute approximate surface area is 106 Å². The van der Waals surface area contributed by atoms with Gasteiger partial charge in [0.1, 0.15) is 0 Å². The molecule has 1 N–H and O–H groups in total. The molecule has 1 amide bonds. The van der Waals surface area contributed by atoms with Gasteiger partial charge in [0, 0.05) is 11.9 Å². The number of hydrogen-bond acceptors (Lipinski definition) is 3. The fourth-order valence-electron chi connectivity index (χ4n) is 1.98. The molecule has 0 radical (unpaired) electrons. The molecule has 0 aliphatic heterocycles. The number of benzene rings is 1. The number of nitrogens with zero attached hydrogens (tertiary/aromatic N) is 2. The molecule has 0 saturated heterocycles. The molecule has 4 heteroatoms. The highest BCUT2D eigenvalue weighted by atomic mass is 16.1. The molecule has 0 saturated carbocycles. The second kappa shape index (κ2) is 4.96. The van der Waals surface area contributed by atoms with Crippen molar-refractivity contribution < 1.29 is 4.79 Å². The summed E-state index contributed by atoms with van der Waals surface area (Å²) in [4.78, 5) is 12.0. The number of aromatic nitrogens is 2. The van der Waals surface area contributed by atoms with Gasteiger partial charge in [0.2, 0.25) is 0 Å². The van der Waals surface area contributed by atoms with Crippen molar-refractivity contribution in [3.8, 4) is 0 Å². The van der Waals surface area contributed by atoms with Crippen LogP contribution < -0.4 is 5.32 Å². The molecule has 1 heterocycles. The Bertz CT molecular complexity index is 556. The Kier molecular flexibility index (Phi) is 3.37. The highest BCUT2D eigenvalue weighted by molar-refractivity contribution is 6.03. The highest BCUT2D eigenvalue weighted by Gasteiger charge is 2.11. The first kappa shape index (κ1) is 12.2. The molecule has 0 atom stereocenters. The van der Waals surface area contributed by atoms with Crippen molar-refractivity contribution in [3.05, 3.63) is 52.8 Å². The zero-order valence-corrected chi connectivity index (χ0v) is 10.7. The van der Waals surface area contributed by atoms with Crippen LogP contribution in [0.3, 0.4) is 0 Å². The summed E-state index contributed by atoms with van der Waals surface area (Å²) in [5, 5.41) is 10.4. The third-order valence-electron chi connectivity index (χ3n) is 2.72. The van der Waals surface area contributed by atoms with Gasteiger partial charge in [0.05, 0.1) is 0 Å². The molecule has 2 rings (SSSR count). The van der Waals surface area contributed by atoms with Gasteiger partial charge in [-0.2, -0.15) is 5.10 Å². The smallest absolute Gasteiger partial charge is 0.276 e. The first-order valence-electron chi connectivity index (χ1n) is 5.75. The molecule has 2 aromatic rings. The van der Waals surface area contributed by atoms with Gasteiger partial charge in [0.25, 0.3) is 5.91 Å². The van der Waals surface area contributed by atoms with Crippen LogP contribution in [0.25, 0.3) is 0 Å². The molecule has 0 aliphatic carbocycles. The lowest BCUT2D eigenvalue weighted by Crippen LogP contribution is -2.15. The third kappa shape index (κ3) is 2.53. The number of nitrogens with one attached hydrogen (secondary N) is 1. The number of carbonyl (C=O) groups excluding carboxylic acids is 1. The van der Waals surface area contributed by atoms with Gasteiger partial charge in [-0.1, -0.05) is 17.7 Å². The van der Waals surface area contributed by atoms with E-state index in [0.717, 1.165) is 16.8 Å². The lowest BCUT2D eigenvalue weighted by Gasteiger charge is -2.12. The Hall–Kier alpha value is -2.23. The van der Waals surface area contributed by atoms with E-state index in [1.165, 1.54) is 5.56 Å². The van der Waals surface area contributed by atoms with Crippen molar-refractivity contribution in [3.63, 3.8) is 0 Å². The van der Waals surface area contributed by atoms with Crippen molar-refractivity contribution in [2.24, 2.45) is 0 Å². The first-order valence-corrected chi connectivity index (χ1v) is 5.75. The molecule has 0 fully saturated rings. The summed E-state index contributed by atoms with van der Waals surface area (Å²) in [6.07, 6.45) is 1.54. The molecule has 1 aromatic carbocycles. The van der Waals surface area contributed by atoms with E-state index in [1.54, 1.807) is 18.3 Å². The predicted octanol–water partition coefficient (Wildman–Crippen LogP) is 2.65. The molecular formula is C14H15N3O. The van der Waals surface area contributed by atoms with Crippen LogP contribution in [0.1, 0.15) is 27.2 Å². The second-order valence-corrected chi connectivity index (χ2v) is 4.34. The van der Waals surface area contributed by atoms with Crippen molar-refractivity contribution in [2.75, 3.05) is 5.32 Å². The summed E-state index contributed by atoms with van der Waals surface area (Å²) in [6, 6.07) is 7.41. The number of anilines is 1. The molecular weight excluding hydrogens is 226 g/mol. The van der Waals surface area contributed by atoms with E-state index in [1.807, 2.05) is 32.9 Å². The zero-order valence-electron chi connectivity index (χ0n) is 10.7. The van der Waals surface area contributed by atoms with Gasteiger partial charge >= 0.3 is 0 Å². The van der Waals surface area contributed by atoms with E-state index in [4.69, 9.17) is 0 Å². The summed E-state index contributed by atoms with van der Waals surface area (Å²) in [5.74, 6) is -0.238. The molecule has 0 unspecified atom stereocenters. The van der Waals surface area contributed by atoms with Crippen molar-refractivity contribution >= 4 is 11.6 Å². The zero-order chi connectivity index (χ0) is 13.1. The molecule has 0 aliphatic rings. The van der Waals surface area contributed by atoms with Crippen LogP contribution in [0.15, 0.2) is 30.5 Å². The van der Waals surface area contributed by atoms with Crippen molar-refractivity contribution in [1.82, 2.24) is 10.2 Å². The largest absolute Gasteiger partial charge is 0.320 e.